The maximum Gasteiger partial charge on any atom is 0.155 e. The van der Waals surface area contributed by atoms with E-state index in [2.05, 4.69) is 0 Å². The Morgan fingerprint density at radius 1 is 0.700 bits per heavy atom. The van der Waals surface area contributed by atoms with Crippen LogP contribution in [0.5, 0.6) is 0 Å². The van der Waals surface area contributed by atoms with Gasteiger partial charge in [-0.15, -0.1) is 0 Å². The molecule has 2 nitrogen and oxygen atoms in total. The third-order valence-electron chi connectivity index (χ3n) is 1.62. The van der Waals surface area contributed by atoms with Gasteiger partial charge in [0.15, 0.2) is 11.6 Å². The van der Waals surface area contributed by atoms with Crippen LogP contribution in [0, 0.1) is 0 Å². The molecule has 0 unspecified atom stereocenters. The third-order valence-corrected chi connectivity index (χ3v) is 1.62. The highest BCUT2D eigenvalue weighted by molar-refractivity contribution is 6.03. The van der Waals surface area contributed by atoms with Crippen molar-refractivity contribution in [2.75, 3.05) is 0 Å². The first-order valence-electron chi connectivity index (χ1n) is 3.16. The Kier molecular flexibility index (Phi) is 3.00. The number of hydrogen-bond donors (Lipinski definition) is 0. The van der Waals surface area contributed by atoms with Crippen LogP contribution in [0.1, 0.15) is 27.7 Å². The second-order valence-electron chi connectivity index (χ2n) is 2.36. The highest BCUT2D eigenvalue weighted by Gasteiger charge is 2.04. The first-order chi connectivity index (χ1) is 4.46. The predicted molar refractivity (Wildman–Crippen MR) is 39.7 cm³/mol. The molecule has 10 heavy (non-hydrogen) atoms. The van der Waals surface area contributed by atoms with E-state index in [1.54, 1.807) is 13.8 Å². The molecule has 0 spiro atoms. The van der Waals surface area contributed by atoms with Crippen LogP contribution in [0.4, 0.5) is 0 Å². The molecule has 0 saturated carbocycles. The molecule has 0 heterocycles. The Morgan fingerprint density at radius 3 is 1.00 bits per heavy atom. The second kappa shape index (κ2) is 3.30. The molecule has 0 aliphatic carbocycles. The average Bonchev–Trinajstić information content (AvgIpc) is 1.84. The van der Waals surface area contributed by atoms with Crippen LogP contribution in [0.25, 0.3) is 0 Å². The summed E-state index contributed by atoms with van der Waals surface area (Å²) >= 11 is 0. The monoisotopic (exact) mass is 140 g/mol. The van der Waals surface area contributed by atoms with Gasteiger partial charge in [0.2, 0.25) is 0 Å². The molecule has 2 heteroatoms. The van der Waals surface area contributed by atoms with Gasteiger partial charge in [0.25, 0.3) is 0 Å². The fourth-order valence-electron chi connectivity index (χ4n) is 0.528. The minimum atomic E-state index is -0.0345. The van der Waals surface area contributed by atoms with E-state index in [1.165, 1.54) is 13.8 Å². The van der Waals surface area contributed by atoms with Crippen molar-refractivity contribution in [1.29, 1.82) is 0 Å². The van der Waals surface area contributed by atoms with Crippen molar-refractivity contribution in [1.82, 2.24) is 0 Å². The minimum absolute atomic E-state index is 0.0345. The molecule has 0 aromatic carbocycles. The maximum absolute atomic E-state index is 10.7. The van der Waals surface area contributed by atoms with E-state index >= 15 is 0 Å². The van der Waals surface area contributed by atoms with Gasteiger partial charge < -0.3 is 0 Å². The molecule has 0 atom stereocenters. The van der Waals surface area contributed by atoms with Crippen molar-refractivity contribution in [3.8, 4) is 0 Å². The molecule has 56 valence electrons. The SMILES string of the molecule is CC(=O)C(C)=C(C)C(C)=O. The van der Waals surface area contributed by atoms with Crippen molar-refractivity contribution < 1.29 is 9.59 Å². The van der Waals surface area contributed by atoms with Crippen molar-refractivity contribution in [2.45, 2.75) is 27.7 Å². The highest BCUT2D eigenvalue weighted by Crippen LogP contribution is 2.04. The molecule has 0 bridgehead atoms. The quantitative estimate of drug-likeness (QED) is 0.545. The molecule has 0 radical (unpaired) electrons. The summed E-state index contributed by atoms with van der Waals surface area (Å²) in [6, 6.07) is 0. The Bertz CT molecular complexity index is 177. The summed E-state index contributed by atoms with van der Waals surface area (Å²) < 4.78 is 0. The largest absolute Gasteiger partial charge is 0.295 e. The number of Topliss-reactive ketones (excluding diaryl/α,β-unsaturated/α-hetero) is 2. The Hall–Kier alpha value is -0.920. The zero-order valence-corrected chi connectivity index (χ0v) is 6.82. The third kappa shape index (κ3) is 2.13. The van der Waals surface area contributed by atoms with E-state index < -0.39 is 0 Å². The predicted octanol–water partition coefficient (Wildman–Crippen LogP) is 1.50. The molecule has 0 aromatic rings. The van der Waals surface area contributed by atoms with E-state index in [-0.39, 0.29) is 11.6 Å². The van der Waals surface area contributed by atoms with Gasteiger partial charge in [-0.2, -0.15) is 0 Å². The molecular formula is C8H12O2. The van der Waals surface area contributed by atoms with Gasteiger partial charge in [-0.1, -0.05) is 0 Å². The smallest absolute Gasteiger partial charge is 0.155 e. The van der Waals surface area contributed by atoms with Crippen LogP contribution in [-0.2, 0) is 9.59 Å². The van der Waals surface area contributed by atoms with E-state index in [0.717, 1.165) is 0 Å². The number of carbonyl (C=O) groups is 2. The molecular weight excluding hydrogens is 128 g/mol. The topological polar surface area (TPSA) is 34.1 Å². The van der Waals surface area contributed by atoms with E-state index in [4.69, 9.17) is 0 Å². The van der Waals surface area contributed by atoms with Gasteiger partial charge in [-0.05, 0) is 38.8 Å². The standard InChI is InChI=1S/C8H12O2/c1-5(7(3)9)6(2)8(4)10/h1-4H3. The summed E-state index contributed by atoms with van der Waals surface area (Å²) in [6.45, 7) is 6.25. The van der Waals surface area contributed by atoms with Crippen LogP contribution in [0.3, 0.4) is 0 Å². The second-order valence-corrected chi connectivity index (χ2v) is 2.36. The van der Waals surface area contributed by atoms with Gasteiger partial charge >= 0.3 is 0 Å². The van der Waals surface area contributed by atoms with E-state index in [1.807, 2.05) is 0 Å². The van der Waals surface area contributed by atoms with Crippen molar-refractivity contribution in [2.24, 2.45) is 0 Å². The summed E-state index contributed by atoms with van der Waals surface area (Å²) in [5.74, 6) is -0.0691. The first-order valence-corrected chi connectivity index (χ1v) is 3.16. The molecule has 0 aliphatic heterocycles. The summed E-state index contributed by atoms with van der Waals surface area (Å²) in [4.78, 5) is 21.4. The van der Waals surface area contributed by atoms with Gasteiger partial charge in [0, 0.05) is 0 Å². The Labute approximate surface area is 60.9 Å². The fraction of sp³-hybridized carbons (Fsp3) is 0.500. The maximum atomic E-state index is 10.7. The van der Waals surface area contributed by atoms with Crippen LogP contribution in [0.15, 0.2) is 11.1 Å². The van der Waals surface area contributed by atoms with Gasteiger partial charge in [0.1, 0.15) is 0 Å². The molecule has 0 aromatic heterocycles. The van der Waals surface area contributed by atoms with Crippen LogP contribution in [-0.4, -0.2) is 11.6 Å². The normalized spacial score (nSPS) is 12.4. The zero-order chi connectivity index (χ0) is 8.31. The highest BCUT2D eigenvalue weighted by atomic mass is 16.1. The lowest BCUT2D eigenvalue weighted by molar-refractivity contribution is -0.116. The minimum Gasteiger partial charge on any atom is -0.295 e. The van der Waals surface area contributed by atoms with Crippen molar-refractivity contribution >= 4 is 11.6 Å². The average molecular weight is 140 g/mol. The Morgan fingerprint density at radius 2 is 0.900 bits per heavy atom. The number of rotatable bonds is 2. The molecule has 0 rings (SSSR count). The van der Waals surface area contributed by atoms with Gasteiger partial charge in [-0.3, -0.25) is 9.59 Å². The van der Waals surface area contributed by atoms with Crippen molar-refractivity contribution in [3.05, 3.63) is 11.1 Å². The lowest BCUT2D eigenvalue weighted by Crippen LogP contribution is -2.01. The Balaban J connectivity index is 4.67. The summed E-state index contributed by atoms with van der Waals surface area (Å²) in [5, 5.41) is 0. The number of allylic oxidation sites excluding steroid dienone is 2. The van der Waals surface area contributed by atoms with E-state index in [0.29, 0.717) is 11.1 Å². The molecule has 0 amide bonds. The lowest BCUT2D eigenvalue weighted by atomic mass is 10.1. The van der Waals surface area contributed by atoms with Crippen LogP contribution < -0.4 is 0 Å². The van der Waals surface area contributed by atoms with Crippen LogP contribution in [0.2, 0.25) is 0 Å². The number of ketones is 2. The fourth-order valence-corrected chi connectivity index (χ4v) is 0.528. The number of hydrogen-bond acceptors (Lipinski definition) is 2. The molecule has 0 fully saturated rings. The van der Waals surface area contributed by atoms with E-state index in [9.17, 15) is 9.59 Å². The van der Waals surface area contributed by atoms with Gasteiger partial charge in [-0.25, -0.2) is 0 Å². The van der Waals surface area contributed by atoms with Crippen LogP contribution >= 0.6 is 0 Å². The van der Waals surface area contributed by atoms with Crippen molar-refractivity contribution in [3.63, 3.8) is 0 Å². The summed E-state index contributed by atoms with van der Waals surface area (Å²) in [5.41, 5.74) is 1.13. The zero-order valence-electron chi connectivity index (χ0n) is 6.82. The number of carbonyl (C=O) groups excluding carboxylic acids is 2. The van der Waals surface area contributed by atoms with Gasteiger partial charge in [0.05, 0.1) is 0 Å². The first kappa shape index (κ1) is 9.08. The summed E-state index contributed by atoms with van der Waals surface area (Å²) in [6.07, 6.45) is 0. The molecule has 0 aliphatic rings. The molecule has 0 saturated heterocycles. The summed E-state index contributed by atoms with van der Waals surface area (Å²) in [7, 11) is 0. The lowest BCUT2D eigenvalue weighted by Gasteiger charge is -1.98. The molecule has 0 N–H and O–H groups in total.